The van der Waals surface area contributed by atoms with Crippen molar-refractivity contribution in [2.45, 2.75) is 33.1 Å². The molecular formula is C11H17O4P. The fraction of sp³-hybridized carbons (Fsp3) is 0.455. The Bertz CT molecular complexity index is 428. The Labute approximate surface area is 95.5 Å². The van der Waals surface area contributed by atoms with E-state index in [0.29, 0.717) is 0 Å². The van der Waals surface area contributed by atoms with Crippen molar-refractivity contribution in [3.63, 3.8) is 0 Å². The van der Waals surface area contributed by atoms with Gasteiger partial charge in [0.2, 0.25) is 0 Å². The van der Waals surface area contributed by atoms with Gasteiger partial charge in [0.05, 0.1) is 0 Å². The lowest BCUT2D eigenvalue weighted by molar-refractivity contribution is 0.282. The van der Waals surface area contributed by atoms with E-state index in [4.69, 9.17) is 9.79 Å². The van der Waals surface area contributed by atoms with E-state index in [-0.39, 0.29) is 11.2 Å². The minimum atomic E-state index is -4.47. The van der Waals surface area contributed by atoms with E-state index in [1.165, 1.54) is 0 Å². The van der Waals surface area contributed by atoms with Crippen LogP contribution >= 0.6 is 7.82 Å². The van der Waals surface area contributed by atoms with Gasteiger partial charge in [-0.1, -0.05) is 32.9 Å². The highest BCUT2D eigenvalue weighted by atomic mass is 31.2. The summed E-state index contributed by atoms with van der Waals surface area (Å²) in [4.78, 5) is 17.4. The summed E-state index contributed by atoms with van der Waals surface area (Å²) in [5.41, 5.74) is 1.82. The first-order valence-electron chi connectivity index (χ1n) is 4.96. The van der Waals surface area contributed by atoms with E-state index < -0.39 is 7.82 Å². The van der Waals surface area contributed by atoms with Crippen LogP contribution in [0.2, 0.25) is 0 Å². The van der Waals surface area contributed by atoms with Crippen molar-refractivity contribution in [2.24, 2.45) is 0 Å². The Kier molecular flexibility index (Phi) is 3.48. The van der Waals surface area contributed by atoms with Crippen LogP contribution in [-0.4, -0.2) is 9.79 Å². The highest BCUT2D eigenvalue weighted by Crippen LogP contribution is 2.39. The van der Waals surface area contributed by atoms with Gasteiger partial charge < -0.3 is 4.52 Å². The molecule has 0 heterocycles. The molecule has 4 nitrogen and oxygen atoms in total. The summed E-state index contributed by atoms with van der Waals surface area (Å²) in [5.74, 6) is 0.223. The van der Waals surface area contributed by atoms with Gasteiger partial charge >= 0.3 is 7.82 Å². The van der Waals surface area contributed by atoms with E-state index in [9.17, 15) is 4.57 Å². The van der Waals surface area contributed by atoms with E-state index in [1.807, 2.05) is 12.1 Å². The number of phosphoric acid groups is 1. The van der Waals surface area contributed by atoms with Gasteiger partial charge in [0.25, 0.3) is 0 Å². The van der Waals surface area contributed by atoms with Crippen LogP contribution < -0.4 is 4.52 Å². The highest BCUT2D eigenvalue weighted by Gasteiger charge is 2.19. The minimum Gasteiger partial charge on any atom is -0.404 e. The number of rotatable bonds is 2. The molecule has 1 rings (SSSR count). The summed E-state index contributed by atoms with van der Waals surface area (Å²) in [7, 11) is -4.47. The average Bonchev–Trinajstić information content (AvgIpc) is 2.04. The third kappa shape index (κ3) is 3.63. The SMILES string of the molecule is Cc1cc(C(C)(C)C)ccc1OP(=O)(O)O. The molecule has 0 unspecified atom stereocenters. The van der Waals surface area contributed by atoms with Gasteiger partial charge in [-0.15, -0.1) is 0 Å². The molecule has 1 aromatic carbocycles. The molecule has 0 bridgehead atoms. The van der Waals surface area contributed by atoms with Crippen molar-refractivity contribution in [1.82, 2.24) is 0 Å². The van der Waals surface area contributed by atoms with E-state index in [0.717, 1.165) is 11.1 Å². The number of hydrogen-bond acceptors (Lipinski definition) is 2. The quantitative estimate of drug-likeness (QED) is 0.785. The minimum absolute atomic E-state index is 0.00537. The molecular weight excluding hydrogens is 227 g/mol. The number of aryl methyl sites for hydroxylation is 1. The van der Waals surface area contributed by atoms with Crippen molar-refractivity contribution < 1.29 is 18.9 Å². The zero-order chi connectivity index (χ0) is 12.6. The third-order valence-electron chi connectivity index (χ3n) is 2.26. The molecule has 2 N–H and O–H groups in total. The third-order valence-corrected chi connectivity index (χ3v) is 2.69. The smallest absolute Gasteiger partial charge is 0.404 e. The summed E-state index contributed by atoms with van der Waals surface area (Å²) in [5, 5.41) is 0. The maximum Gasteiger partial charge on any atom is 0.524 e. The second-order valence-corrected chi connectivity index (χ2v) is 5.98. The lowest BCUT2D eigenvalue weighted by Crippen LogP contribution is -2.11. The van der Waals surface area contributed by atoms with Crippen LogP contribution in [0, 0.1) is 6.92 Å². The van der Waals surface area contributed by atoms with Gasteiger partial charge in [0, 0.05) is 0 Å². The molecule has 0 atom stereocenters. The Morgan fingerprint density at radius 3 is 2.19 bits per heavy atom. The van der Waals surface area contributed by atoms with Gasteiger partial charge in [-0.05, 0) is 29.5 Å². The van der Waals surface area contributed by atoms with E-state index in [2.05, 4.69) is 25.3 Å². The molecule has 90 valence electrons. The first-order valence-corrected chi connectivity index (χ1v) is 6.49. The summed E-state index contributed by atoms with van der Waals surface area (Å²) in [6.45, 7) is 7.99. The zero-order valence-corrected chi connectivity index (χ0v) is 10.8. The molecule has 5 heteroatoms. The maximum absolute atomic E-state index is 10.7. The Morgan fingerprint density at radius 1 is 1.25 bits per heavy atom. The standard InChI is InChI=1S/C11H17O4P/c1-8-7-9(11(2,3)4)5-6-10(8)15-16(12,13)14/h5-7H,1-4H3,(H2,12,13,14). The van der Waals surface area contributed by atoms with E-state index in [1.54, 1.807) is 13.0 Å². The molecule has 0 amide bonds. The van der Waals surface area contributed by atoms with E-state index >= 15 is 0 Å². The predicted molar refractivity (Wildman–Crippen MR) is 62.6 cm³/mol. The average molecular weight is 244 g/mol. The predicted octanol–water partition coefficient (Wildman–Crippen LogP) is 2.76. The molecule has 0 aliphatic carbocycles. The molecule has 0 saturated heterocycles. The molecule has 0 aliphatic heterocycles. The fourth-order valence-electron chi connectivity index (χ4n) is 1.35. The molecule has 0 aromatic heterocycles. The second kappa shape index (κ2) is 4.21. The fourth-order valence-corrected chi connectivity index (χ4v) is 1.81. The maximum atomic E-state index is 10.7. The Morgan fingerprint density at radius 2 is 1.81 bits per heavy atom. The van der Waals surface area contributed by atoms with Crippen molar-refractivity contribution >= 4 is 7.82 Å². The van der Waals surface area contributed by atoms with Gasteiger partial charge in [0.15, 0.2) is 0 Å². The van der Waals surface area contributed by atoms with Crippen LogP contribution in [0.1, 0.15) is 31.9 Å². The largest absolute Gasteiger partial charge is 0.524 e. The normalized spacial score (nSPS) is 12.6. The monoisotopic (exact) mass is 244 g/mol. The number of hydrogen-bond donors (Lipinski definition) is 2. The first kappa shape index (κ1) is 13.2. The van der Waals surface area contributed by atoms with Gasteiger partial charge in [0.1, 0.15) is 5.75 Å². The molecule has 0 spiro atoms. The molecule has 0 saturated carbocycles. The van der Waals surface area contributed by atoms with Crippen LogP contribution in [0.5, 0.6) is 5.75 Å². The summed E-state index contributed by atoms with van der Waals surface area (Å²) >= 11 is 0. The van der Waals surface area contributed by atoms with Gasteiger partial charge in [-0.2, -0.15) is 0 Å². The Balaban J connectivity index is 3.06. The van der Waals surface area contributed by atoms with Crippen molar-refractivity contribution in [1.29, 1.82) is 0 Å². The number of benzene rings is 1. The second-order valence-electron chi connectivity index (χ2n) is 4.81. The lowest BCUT2D eigenvalue weighted by Gasteiger charge is -2.20. The van der Waals surface area contributed by atoms with Crippen LogP contribution in [0.25, 0.3) is 0 Å². The Hall–Kier alpha value is -0.830. The zero-order valence-electron chi connectivity index (χ0n) is 9.89. The molecule has 0 aliphatic rings. The summed E-state index contributed by atoms with van der Waals surface area (Å²) in [6.07, 6.45) is 0. The topological polar surface area (TPSA) is 66.8 Å². The van der Waals surface area contributed by atoms with Gasteiger partial charge in [-0.25, -0.2) is 4.57 Å². The number of phosphoric ester groups is 1. The van der Waals surface area contributed by atoms with Crippen LogP contribution in [-0.2, 0) is 9.98 Å². The highest BCUT2D eigenvalue weighted by molar-refractivity contribution is 7.46. The van der Waals surface area contributed by atoms with Crippen molar-refractivity contribution in [3.8, 4) is 5.75 Å². The van der Waals surface area contributed by atoms with Crippen LogP contribution in [0.3, 0.4) is 0 Å². The summed E-state index contributed by atoms with van der Waals surface area (Å²) in [6, 6.07) is 5.29. The van der Waals surface area contributed by atoms with Crippen LogP contribution in [0.15, 0.2) is 18.2 Å². The van der Waals surface area contributed by atoms with Crippen LogP contribution in [0.4, 0.5) is 0 Å². The molecule has 0 fully saturated rings. The first-order chi connectivity index (χ1) is 7.09. The van der Waals surface area contributed by atoms with Crippen molar-refractivity contribution in [3.05, 3.63) is 29.3 Å². The molecule has 1 aromatic rings. The lowest BCUT2D eigenvalue weighted by atomic mass is 9.86. The van der Waals surface area contributed by atoms with Gasteiger partial charge in [-0.3, -0.25) is 9.79 Å². The molecule has 16 heavy (non-hydrogen) atoms. The van der Waals surface area contributed by atoms with Crippen molar-refractivity contribution in [2.75, 3.05) is 0 Å². The molecule has 0 radical (unpaired) electrons. The summed E-state index contributed by atoms with van der Waals surface area (Å²) < 4.78 is 15.3.